The smallest absolute Gasteiger partial charge is 0.300 e. The molecule has 1 saturated carbocycles. The number of hydrogen-bond donors (Lipinski definition) is 3. The molecular weight excluding hydrogens is 424 g/mol. The van der Waals surface area contributed by atoms with Gasteiger partial charge in [-0.25, -0.2) is 9.97 Å². The summed E-state index contributed by atoms with van der Waals surface area (Å²) in [5.41, 5.74) is 3.74. The highest BCUT2D eigenvalue weighted by Gasteiger charge is 2.12. The van der Waals surface area contributed by atoms with Crippen molar-refractivity contribution in [3.63, 3.8) is 0 Å². The first-order chi connectivity index (χ1) is 16.7. The van der Waals surface area contributed by atoms with E-state index in [4.69, 9.17) is 5.11 Å². The van der Waals surface area contributed by atoms with Gasteiger partial charge in [-0.2, -0.15) is 0 Å². The number of nitrogens with zero attached hydrogens (tertiary/aromatic N) is 2. The highest BCUT2D eigenvalue weighted by molar-refractivity contribution is 6.05. The molecule has 0 radical (unpaired) electrons. The minimum absolute atomic E-state index is 0.0653. The van der Waals surface area contributed by atoms with Crippen molar-refractivity contribution in [2.24, 2.45) is 5.92 Å². The number of aromatic nitrogens is 2. The zero-order chi connectivity index (χ0) is 23.6. The van der Waals surface area contributed by atoms with Gasteiger partial charge < -0.3 is 15.7 Å². The van der Waals surface area contributed by atoms with Gasteiger partial charge >= 0.3 is 0 Å². The third-order valence-electron chi connectivity index (χ3n) is 6.30. The van der Waals surface area contributed by atoms with Crippen molar-refractivity contribution in [3.8, 4) is 11.8 Å². The molecule has 176 valence electrons. The summed E-state index contributed by atoms with van der Waals surface area (Å²) in [7, 11) is 0. The van der Waals surface area contributed by atoms with E-state index in [1.54, 1.807) is 6.07 Å². The fourth-order valence-corrected chi connectivity index (χ4v) is 4.53. The van der Waals surface area contributed by atoms with Gasteiger partial charge in [0.25, 0.3) is 5.91 Å². The Morgan fingerprint density at radius 2 is 1.71 bits per heavy atom. The number of aliphatic hydroxyl groups excluding tert-OH is 1. The summed E-state index contributed by atoms with van der Waals surface area (Å²) in [5, 5.41) is 15.8. The molecule has 34 heavy (non-hydrogen) atoms. The Labute approximate surface area is 201 Å². The van der Waals surface area contributed by atoms with Crippen LogP contribution in [0.2, 0.25) is 0 Å². The zero-order valence-corrected chi connectivity index (χ0v) is 19.5. The molecule has 0 spiro atoms. The molecule has 6 heteroatoms. The van der Waals surface area contributed by atoms with E-state index in [0.717, 1.165) is 28.9 Å². The number of carbonyl (C=O) groups excluding carboxylic acids is 1. The molecule has 1 aromatic heterocycles. The minimum atomic E-state index is -0.418. The lowest BCUT2D eigenvalue weighted by Gasteiger charge is -2.19. The number of hydrogen-bond acceptors (Lipinski definition) is 5. The molecule has 1 aliphatic rings. The van der Waals surface area contributed by atoms with Gasteiger partial charge in [0.2, 0.25) is 0 Å². The second-order valence-corrected chi connectivity index (χ2v) is 8.92. The van der Waals surface area contributed by atoms with Crippen molar-refractivity contribution in [1.82, 2.24) is 9.97 Å². The predicted octanol–water partition coefficient (Wildman–Crippen LogP) is 5.60. The normalized spacial score (nSPS) is 14.5. The highest BCUT2D eigenvalue weighted by Crippen LogP contribution is 2.28. The van der Waals surface area contributed by atoms with Crippen LogP contribution in [0.15, 0.2) is 48.8 Å². The fourth-order valence-electron chi connectivity index (χ4n) is 4.53. The van der Waals surface area contributed by atoms with Crippen LogP contribution in [0.5, 0.6) is 0 Å². The van der Waals surface area contributed by atoms with Crippen molar-refractivity contribution < 1.29 is 9.90 Å². The third-order valence-corrected chi connectivity index (χ3v) is 6.30. The average molecular weight is 457 g/mol. The van der Waals surface area contributed by atoms with E-state index >= 15 is 0 Å². The van der Waals surface area contributed by atoms with E-state index in [2.05, 4.69) is 56.7 Å². The summed E-state index contributed by atoms with van der Waals surface area (Å²) in [6, 6.07) is 14.1. The maximum absolute atomic E-state index is 12.0. The molecule has 0 saturated heterocycles. The molecule has 1 aliphatic carbocycles. The average Bonchev–Trinajstić information content (AvgIpc) is 2.82. The van der Waals surface area contributed by atoms with Gasteiger partial charge in [-0.1, -0.05) is 63.0 Å². The van der Waals surface area contributed by atoms with Gasteiger partial charge in [0.05, 0.1) is 12.1 Å². The Hall–Kier alpha value is -3.43. The van der Waals surface area contributed by atoms with Gasteiger partial charge in [0.15, 0.2) is 0 Å². The number of amides is 1. The molecule has 3 aromatic rings. The standard InChI is InChI=1S/C28H32N4O2/c33-17-7-6-10-27(34)31-24-15-16-26-25(19-24)28(30-20-29-26)32-23-13-11-22(12-14-23)18-21-8-4-2-1-3-5-9-21/h11-16,19-21,33H,1-5,7-9,17-18H2,(H,31,34)(H,29,30,32). The molecule has 3 N–H and O–H groups in total. The Kier molecular flexibility index (Phi) is 8.48. The van der Waals surface area contributed by atoms with Gasteiger partial charge in [0, 0.05) is 23.2 Å². The molecule has 4 rings (SSSR count). The summed E-state index contributed by atoms with van der Waals surface area (Å²) >= 11 is 0. The van der Waals surface area contributed by atoms with Crippen LogP contribution in [0.3, 0.4) is 0 Å². The molecule has 0 atom stereocenters. The van der Waals surface area contributed by atoms with Gasteiger partial charge in [0.1, 0.15) is 12.1 Å². The number of carbonyl (C=O) groups is 1. The van der Waals surface area contributed by atoms with E-state index in [0.29, 0.717) is 11.5 Å². The maximum Gasteiger partial charge on any atom is 0.300 e. The minimum Gasteiger partial charge on any atom is -0.395 e. The summed E-state index contributed by atoms with van der Waals surface area (Å²) in [6.45, 7) is -0.0653. The fraction of sp³-hybridized carbons (Fsp3) is 0.393. The maximum atomic E-state index is 12.0. The van der Waals surface area contributed by atoms with Crippen LogP contribution in [0.25, 0.3) is 10.9 Å². The topological polar surface area (TPSA) is 87.1 Å². The summed E-state index contributed by atoms with van der Waals surface area (Å²) in [6.07, 6.45) is 12.5. The Morgan fingerprint density at radius 3 is 2.47 bits per heavy atom. The second kappa shape index (κ2) is 12.2. The SMILES string of the molecule is O=C(C#CCCO)Nc1ccc2ncnc(Nc3ccc(CC4CCCCCCC4)cc3)c2c1. The quantitative estimate of drug-likeness (QED) is 0.420. The first-order valence-corrected chi connectivity index (χ1v) is 12.2. The van der Waals surface area contributed by atoms with Crippen molar-refractivity contribution >= 4 is 34.0 Å². The van der Waals surface area contributed by atoms with Crippen LogP contribution in [0, 0.1) is 17.8 Å². The van der Waals surface area contributed by atoms with Crippen molar-refractivity contribution in [3.05, 3.63) is 54.4 Å². The molecule has 0 bridgehead atoms. The summed E-state index contributed by atoms with van der Waals surface area (Å²) in [5.74, 6) is 6.15. The number of anilines is 3. The summed E-state index contributed by atoms with van der Waals surface area (Å²) < 4.78 is 0. The third kappa shape index (κ3) is 6.79. The van der Waals surface area contributed by atoms with E-state index in [1.807, 2.05) is 12.1 Å². The predicted molar refractivity (Wildman–Crippen MR) is 137 cm³/mol. The van der Waals surface area contributed by atoms with Crippen molar-refractivity contribution in [2.45, 2.75) is 57.8 Å². The molecule has 1 fully saturated rings. The van der Waals surface area contributed by atoms with Crippen molar-refractivity contribution in [2.75, 3.05) is 17.2 Å². The van der Waals surface area contributed by atoms with E-state index in [9.17, 15) is 4.79 Å². The second-order valence-electron chi connectivity index (χ2n) is 8.92. The van der Waals surface area contributed by atoms with Crippen LogP contribution in [0.4, 0.5) is 17.2 Å². The van der Waals surface area contributed by atoms with Gasteiger partial charge in [-0.3, -0.25) is 4.79 Å². The van der Waals surface area contributed by atoms with Crippen LogP contribution in [-0.4, -0.2) is 27.6 Å². The molecule has 6 nitrogen and oxygen atoms in total. The van der Waals surface area contributed by atoms with Gasteiger partial charge in [-0.05, 0) is 54.2 Å². The molecule has 1 amide bonds. The molecular formula is C28H32N4O2. The van der Waals surface area contributed by atoms with Crippen LogP contribution >= 0.6 is 0 Å². The molecule has 1 heterocycles. The van der Waals surface area contributed by atoms with Crippen LogP contribution < -0.4 is 10.6 Å². The number of benzene rings is 2. The first-order valence-electron chi connectivity index (χ1n) is 12.2. The molecule has 0 unspecified atom stereocenters. The van der Waals surface area contributed by atoms with E-state index in [-0.39, 0.29) is 13.0 Å². The number of nitrogens with one attached hydrogen (secondary N) is 2. The Morgan fingerprint density at radius 1 is 0.971 bits per heavy atom. The molecule has 0 aliphatic heterocycles. The van der Waals surface area contributed by atoms with Crippen LogP contribution in [0.1, 0.15) is 56.9 Å². The van der Waals surface area contributed by atoms with E-state index in [1.165, 1.54) is 56.8 Å². The zero-order valence-electron chi connectivity index (χ0n) is 19.5. The Bertz CT molecular complexity index is 1160. The lowest BCUT2D eigenvalue weighted by molar-refractivity contribution is -0.111. The lowest BCUT2D eigenvalue weighted by atomic mass is 9.87. The van der Waals surface area contributed by atoms with Crippen LogP contribution in [-0.2, 0) is 11.2 Å². The monoisotopic (exact) mass is 456 g/mol. The molecule has 2 aromatic carbocycles. The Balaban J connectivity index is 1.44. The first kappa shape index (κ1) is 23.7. The summed E-state index contributed by atoms with van der Waals surface area (Å²) in [4.78, 5) is 20.8. The number of aliphatic hydroxyl groups is 1. The van der Waals surface area contributed by atoms with Gasteiger partial charge in [-0.15, -0.1) is 0 Å². The lowest BCUT2D eigenvalue weighted by Crippen LogP contribution is -2.08. The van der Waals surface area contributed by atoms with Crippen molar-refractivity contribution in [1.29, 1.82) is 0 Å². The number of fused-ring (bicyclic) bond motifs is 1. The largest absolute Gasteiger partial charge is 0.395 e. The highest BCUT2D eigenvalue weighted by atomic mass is 16.2. The number of rotatable bonds is 6. The van der Waals surface area contributed by atoms with E-state index < -0.39 is 5.91 Å².